The van der Waals surface area contributed by atoms with E-state index in [2.05, 4.69) is 5.32 Å². The van der Waals surface area contributed by atoms with Gasteiger partial charge in [0, 0.05) is 57.5 Å². The third-order valence-corrected chi connectivity index (χ3v) is 10.3. The number of amides is 3. The Morgan fingerprint density at radius 2 is 1.74 bits per heavy atom. The molecule has 0 spiro atoms. The van der Waals surface area contributed by atoms with Gasteiger partial charge in [-0.15, -0.1) is 0 Å². The second-order valence-electron chi connectivity index (χ2n) is 12.6. The molecule has 3 amide bonds. The molecule has 5 fully saturated rings. The molecule has 7 atom stereocenters. The lowest BCUT2D eigenvalue weighted by Crippen LogP contribution is -2.55. The van der Waals surface area contributed by atoms with Crippen molar-refractivity contribution in [1.29, 1.82) is 0 Å². The summed E-state index contributed by atoms with van der Waals surface area (Å²) in [7, 11) is -3.35. The predicted octanol–water partition coefficient (Wildman–Crippen LogP) is -1.49. The minimum atomic E-state index is -3.35. The molecule has 236 valence electrons. The topological polar surface area (TPSA) is 166 Å². The first kappa shape index (κ1) is 30.4. The molecule has 1 aromatic carbocycles. The average Bonchev–Trinajstić information content (AvgIpc) is 3.70. The highest BCUT2D eigenvalue weighted by Crippen LogP contribution is 2.33. The lowest BCUT2D eigenvalue weighted by atomic mass is 10.0. The van der Waals surface area contributed by atoms with Crippen LogP contribution in [-0.4, -0.2) is 139 Å². The number of carbonyl (C=O) groups excluding carboxylic acids is 3. The zero-order valence-electron chi connectivity index (χ0n) is 24.2. The maximum atomic E-state index is 14.0. The van der Waals surface area contributed by atoms with Crippen LogP contribution in [-0.2, 0) is 40.2 Å². The standard InChI is InChI=1S/C29H40N4O9S/c1-43(39,40)21-6-2-17(3-7-21)12-32-13-19-10-22(32)29(38)31-8-9-41-20(14-31)15-33(28(37)18-4-5-18)16-24-27(36)26(35)23(42-24)11-25(34)30-19/h2-3,6-7,18-20,22-24,26-27,35-36H,4-5,8-16H2,1H3,(H,30,34)/t19-,20-,22-,23-,24+,26-,27+/m0/s1. The molecule has 13 nitrogen and oxygen atoms in total. The van der Waals surface area contributed by atoms with Crippen LogP contribution in [0, 0.1) is 5.92 Å². The number of benzene rings is 1. The van der Waals surface area contributed by atoms with Gasteiger partial charge in [-0.25, -0.2) is 8.42 Å². The Hall–Kier alpha value is -2.62. The van der Waals surface area contributed by atoms with Gasteiger partial charge in [0.1, 0.15) is 18.3 Å². The highest BCUT2D eigenvalue weighted by molar-refractivity contribution is 7.90. The summed E-state index contributed by atoms with van der Waals surface area (Å²) in [6.07, 6.45) is -1.82. The molecule has 5 aliphatic rings. The number of nitrogens with zero attached hydrogens (tertiary/aromatic N) is 3. The number of aliphatic hydroxyl groups excluding tert-OH is 2. The van der Waals surface area contributed by atoms with Crippen LogP contribution in [0.2, 0.25) is 0 Å². The smallest absolute Gasteiger partial charge is 0.240 e. The van der Waals surface area contributed by atoms with Crippen molar-refractivity contribution < 1.29 is 42.5 Å². The first-order chi connectivity index (χ1) is 20.5. The number of carbonyl (C=O) groups is 3. The Bertz CT molecular complexity index is 1340. The highest BCUT2D eigenvalue weighted by Gasteiger charge is 2.47. The first-order valence-electron chi connectivity index (χ1n) is 15.0. The maximum Gasteiger partial charge on any atom is 0.240 e. The summed E-state index contributed by atoms with van der Waals surface area (Å²) in [5.74, 6) is -0.602. The van der Waals surface area contributed by atoms with Crippen LogP contribution in [0.15, 0.2) is 29.2 Å². The Labute approximate surface area is 251 Å². The van der Waals surface area contributed by atoms with Crippen LogP contribution < -0.4 is 5.32 Å². The number of rotatable bonds is 4. The van der Waals surface area contributed by atoms with Crippen LogP contribution in [0.3, 0.4) is 0 Å². The minimum absolute atomic E-state index is 0.0522. The van der Waals surface area contributed by atoms with Gasteiger partial charge in [0.2, 0.25) is 17.7 Å². The molecular formula is C29H40N4O9S. The number of nitrogens with one attached hydrogen (secondary N) is 1. The molecule has 0 radical (unpaired) electrons. The van der Waals surface area contributed by atoms with E-state index in [0.717, 1.165) is 24.7 Å². The van der Waals surface area contributed by atoms with Crippen LogP contribution in [0.1, 0.15) is 31.2 Å². The molecule has 4 saturated heterocycles. The van der Waals surface area contributed by atoms with Gasteiger partial charge in [0.05, 0.1) is 36.2 Å². The van der Waals surface area contributed by atoms with Crippen molar-refractivity contribution in [2.45, 2.75) is 79.7 Å². The van der Waals surface area contributed by atoms with E-state index in [9.17, 15) is 33.0 Å². The van der Waals surface area contributed by atoms with Crippen molar-refractivity contribution in [2.75, 3.05) is 45.6 Å². The number of sulfone groups is 1. The number of aliphatic hydroxyl groups is 2. The Balaban J connectivity index is 1.25. The van der Waals surface area contributed by atoms with Crippen LogP contribution in [0.4, 0.5) is 0 Å². The quantitative estimate of drug-likeness (QED) is 0.361. The molecular weight excluding hydrogens is 580 g/mol. The predicted molar refractivity (Wildman–Crippen MR) is 151 cm³/mol. The third-order valence-electron chi connectivity index (χ3n) is 9.15. The summed E-state index contributed by atoms with van der Waals surface area (Å²) in [5.41, 5.74) is 0.833. The van der Waals surface area contributed by atoms with Gasteiger partial charge < -0.3 is 34.8 Å². The molecule has 1 aromatic rings. The molecule has 1 saturated carbocycles. The summed E-state index contributed by atoms with van der Waals surface area (Å²) in [6.45, 7) is 2.04. The number of fused-ring (bicyclic) bond motifs is 6. The second-order valence-corrected chi connectivity index (χ2v) is 14.6. The van der Waals surface area contributed by atoms with E-state index < -0.39 is 46.4 Å². The first-order valence-corrected chi connectivity index (χ1v) is 16.9. The Morgan fingerprint density at radius 1 is 1.02 bits per heavy atom. The van der Waals surface area contributed by atoms with Crippen molar-refractivity contribution in [2.24, 2.45) is 5.92 Å². The van der Waals surface area contributed by atoms with E-state index in [1.807, 2.05) is 4.90 Å². The molecule has 0 aromatic heterocycles. The summed E-state index contributed by atoms with van der Waals surface area (Å²) in [6, 6.07) is 5.69. The minimum Gasteiger partial charge on any atom is -0.388 e. The van der Waals surface area contributed by atoms with E-state index in [0.29, 0.717) is 32.7 Å². The lowest BCUT2D eigenvalue weighted by Gasteiger charge is -2.38. The molecule has 6 bridgehead atoms. The number of morpholine rings is 1. The van der Waals surface area contributed by atoms with Gasteiger partial charge in [0.25, 0.3) is 0 Å². The number of hydrogen-bond acceptors (Lipinski definition) is 10. The number of ether oxygens (including phenoxy) is 2. The van der Waals surface area contributed by atoms with Crippen LogP contribution >= 0.6 is 0 Å². The van der Waals surface area contributed by atoms with Crippen LogP contribution in [0.5, 0.6) is 0 Å². The van der Waals surface area contributed by atoms with Crippen molar-refractivity contribution >= 4 is 27.6 Å². The fraction of sp³-hybridized carbons (Fsp3) is 0.690. The molecule has 4 heterocycles. The zero-order valence-corrected chi connectivity index (χ0v) is 25.0. The van der Waals surface area contributed by atoms with Gasteiger partial charge >= 0.3 is 0 Å². The van der Waals surface area contributed by atoms with Gasteiger partial charge in [-0.3, -0.25) is 19.3 Å². The normalized spacial score (nSPS) is 34.3. The fourth-order valence-electron chi connectivity index (χ4n) is 6.68. The van der Waals surface area contributed by atoms with E-state index >= 15 is 0 Å². The summed E-state index contributed by atoms with van der Waals surface area (Å²) in [5, 5.41) is 24.5. The maximum absolute atomic E-state index is 14.0. The largest absolute Gasteiger partial charge is 0.388 e. The highest BCUT2D eigenvalue weighted by atomic mass is 32.2. The van der Waals surface area contributed by atoms with Gasteiger partial charge in [-0.1, -0.05) is 12.1 Å². The van der Waals surface area contributed by atoms with E-state index in [-0.39, 0.29) is 60.6 Å². The van der Waals surface area contributed by atoms with Gasteiger partial charge in [0.15, 0.2) is 9.84 Å². The Kier molecular flexibility index (Phi) is 8.52. The van der Waals surface area contributed by atoms with E-state index in [4.69, 9.17) is 9.47 Å². The molecule has 4 aliphatic heterocycles. The van der Waals surface area contributed by atoms with Gasteiger partial charge in [-0.2, -0.15) is 0 Å². The Morgan fingerprint density at radius 3 is 2.44 bits per heavy atom. The number of likely N-dealkylation sites (tertiary alicyclic amines) is 1. The molecule has 14 heteroatoms. The van der Waals surface area contributed by atoms with Crippen molar-refractivity contribution in [3.05, 3.63) is 29.8 Å². The molecule has 1 aliphatic carbocycles. The summed E-state index contributed by atoms with van der Waals surface area (Å²) < 4.78 is 35.8. The van der Waals surface area contributed by atoms with Crippen molar-refractivity contribution in [1.82, 2.24) is 20.0 Å². The van der Waals surface area contributed by atoms with Crippen molar-refractivity contribution in [3.63, 3.8) is 0 Å². The summed E-state index contributed by atoms with van der Waals surface area (Å²) >= 11 is 0. The van der Waals surface area contributed by atoms with Crippen LogP contribution in [0.25, 0.3) is 0 Å². The zero-order chi connectivity index (χ0) is 30.5. The van der Waals surface area contributed by atoms with E-state index in [1.165, 1.54) is 0 Å². The molecule has 43 heavy (non-hydrogen) atoms. The third kappa shape index (κ3) is 6.74. The fourth-order valence-corrected chi connectivity index (χ4v) is 7.31. The average molecular weight is 621 g/mol. The molecule has 6 rings (SSSR count). The molecule has 3 N–H and O–H groups in total. The second kappa shape index (κ2) is 12.1. The van der Waals surface area contributed by atoms with Crippen molar-refractivity contribution in [3.8, 4) is 0 Å². The monoisotopic (exact) mass is 620 g/mol. The lowest BCUT2D eigenvalue weighted by molar-refractivity contribution is -0.147. The number of hydrogen-bond donors (Lipinski definition) is 3. The summed E-state index contributed by atoms with van der Waals surface area (Å²) in [4.78, 5) is 45.9. The SMILES string of the molecule is CS(=O)(=O)c1ccc(CN2C[C@@H]3C[C@H]2C(=O)N2CCO[C@H](CN(C(=O)C4CC4)C[C@H]4O[C@@H](CC(=O)N3)[C@H](O)[C@@H]4O)C2)cc1. The van der Waals surface area contributed by atoms with E-state index in [1.54, 1.807) is 34.1 Å². The molecule has 0 unspecified atom stereocenters. The van der Waals surface area contributed by atoms with Gasteiger partial charge in [-0.05, 0) is 37.0 Å².